The minimum atomic E-state index is -0.975. The van der Waals surface area contributed by atoms with Gasteiger partial charge in [0.05, 0.1) is 13.2 Å². The Labute approximate surface area is 99.7 Å². The maximum atomic E-state index is 12.1. The second-order valence-corrected chi connectivity index (χ2v) is 5.33. The Hall–Kier alpha value is -1.10. The summed E-state index contributed by atoms with van der Waals surface area (Å²) in [5.74, 6) is 0.720. The second kappa shape index (κ2) is 3.98. The van der Waals surface area contributed by atoms with Gasteiger partial charge in [-0.05, 0) is 31.1 Å². The maximum Gasteiger partial charge on any atom is 0.334 e. The second-order valence-electron chi connectivity index (χ2n) is 5.33. The third kappa shape index (κ3) is 2.16. The SMILES string of the molecule is O=C(O)C1CN(C(=O)C2CC2C2CC2)CCO1. The molecule has 3 aliphatic rings. The molecule has 1 heterocycles. The van der Waals surface area contributed by atoms with Gasteiger partial charge >= 0.3 is 5.97 Å². The first-order valence-electron chi connectivity index (χ1n) is 6.30. The Morgan fingerprint density at radius 1 is 1.29 bits per heavy atom. The quantitative estimate of drug-likeness (QED) is 0.771. The first kappa shape index (κ1) is 11.0. The van der Waals surface area contributed by atoms with Crippen LogP contribution in [0.15, 0.2) is 0 Å². The van der Waals surface area contributed by atoms with Crippen LogP contribution in [0.25, 0.3) is 0 Å². The molecular weight excluding hydrogens is 222 g/mol. The van der Waals surface area contributed by atoms with Crippen molar-refractivity contribution in [3.05, 3.63) is 0 Å². The lowest BCUT2D eigenvalue weighted by Gasteiger charge is -2.31. The van der Waals surface area contributed by atoms with Gasteiger partial charge in [0.25, 0.3) is 0 Å². The highest BCUT2D eigenvalue weighted by Crippen LogP contribution is 2.54. The normalized spacial score (nSPS) is 36.7. The Morgan fingerprint density at radius 3 is 2.71 bits per heavy atom. The van der Waals surface area contributed by atoms with E-state index in [4.69, 9.17) is 9.84 Å². The molecule has 0 bridgehead atoms. The molecule has 3 fully saturated rings. The smallest absolute Gasteiger partial charge is 0.334 e. The van der Waals surface area contributed by atoms with Crippen LogP contribution in [-0.4, -0.2) is 47.7 Å². The van der Waals surface area contributed by atoms with E-state index in [-0.39, 0.29) is 18.4 Å². The molecule has 1 aliphatic heterocycles. The van der Waals surface area contributed by atoms with Crippen LogP contribution in [0.5, 0.6) is 0 Å². The van der Waals surface area contributed by atoms with E-state index >= 15 is 0 Å². The van der Waals surface area contributed by atoms with Crippen molar-refractivity contribution in [2.45, 2.75) is 25.4 Å². The van der Waals surface area contributed by atoms with Crippen LogP contribution in [0.2, 0.25) is 0 Å². The Kier molecular flexibility index (Phi) is 2.58. The van der Waals surface area contributed by atoms with Crippen LogP contribution < -0.4 is 0 Å². The number of carbonyl (C=O) groups excluding carboxylic acids is 1. The zero-order chi connectivity index (χ0) is 12.0. The van der Waals surface area contributed by atoms with Crippen LogP contribution in [0.3, 0.4) is 0 Å². The number of carbonyl (C=O) groups is 2. The van der Waals surface area contributed by atoms with Gasteiger partial charge in [-0.15, -0.1) is 0 Å². The summed E-state index contributed by atoms with van der Waals surface area (Å²) in [6, 6.07) is 0. The third-order valence-corrected chi connectivity index (χ3v) is 4.04. The van der Waals surface area contributed by atoms with Gasteiger partial charge in [-0.1, -0.05) is 0 Å². The molecule has 5 heteroatoms. The average molecular weight is 239 g/mol. The van der Waals surface area contributed by atoms with Gasteiger partial charge in [0.2, 0.25) is 5.91 Å². The van der Waals surface area contributed by atoms with E-state index in [1.54, 1.807) is 4.90 Å². The Bertz CT molecular complexity index is 352. The third-order valence-electron chi connectivity index (χ3n) is 4.04. The van der Waals surface area contributed by atoms with Gasteiger partial charge in [0.15, 0.2) is 6.10 Å². The summed E-state index contributed by atoms with van der Waals surface area (Å²) in [7, 11) is 0. The number of hydrogen-bond acceptors (Lipinski definition) is 3. The van der Waals surface area contributed by atoms with Crippen LogP contribution >= 0.6 is 0 Å². The summed E-state index contributed by atoms with van der Waals surface area (Å²) in [6.07, 6.45) is 2.72. The number of hydrogen-bond donors (Lipinski definition) is 1. The van der Waals surface area contributed by atoms with Crippen LogP contribution in [0, 0.1) is 17.8 Å². The molecule has 5 nitrogen and oxygen atoms in total. The number of carboxylic acids is 1. The first-order valence-corrected chi connectivity index (χ1v) is 6.30. The lowest BCUT2D eigenvalue weighted by Crippen LogP contribution is -2.49. The van der Waals surface area contributed by atoms with Crippen molar-refractivity contribution in [2.24, 2.45) is 17.8 Å². The molecule has 1 saturated heterocycles. The van der Waals surface area contributed by atoms with Gasteiger partial charge in [-0.25, -0.2) is 4.79 Å². The van der Waals surface area contributed by atoms with Crippen molar-refractivity contribution in [2.75, 3.05) is 19.7 Å². The summed E-state index contributed by atoms with van der Waals surface area (Å²) in [5.41, 5.74) is 0. The topological polar surface area (TPSA) is 66.8 Å². The van der Waals surface area contributed by atoms with Crippen molar-refractivity contribution in [3.8, 4) is 0 Å². The number of morpholine rings is 1. The van der Waals surface area contributed by atoms with Crippen LogP contribution in [-0.2, 0) is 14.3 Å². The van der Waals surface area contributed by atoms with Crippen LogP contribution in [0.1, 0.15) is 19.3 Å². The molecule has 0 aromatic carbocycles. The van der Waals surface area contributed by atoms with E-state index in [2.05, 4.69) is 0 Å². The molecule has 0 spiro atoms. The molecule has 1 amide bonds. The fourth-order valence-corrected chi connectivity index (χ4v) is 2.78. The number of nitrogens with zero attached hydrogens (tertiary/aromatic N) is 1. The molecule has 3 rings (SSSR count). The van der Waals surface area contributed by atoms with E-state index < -0.39 is 12.1 Å². The van der Waals surface area contributed by atoms with Crippen molar-refractivity contribution < 1.29 is 19.4 Å². The summed E-state index contributed by atoms with van der Waals surface area (Å²) < 4.78 is 5.11. The highest BCUT2D eigenvalue weighted by Gasteiger charge is 2.52. The molecule has 2 saturated carbocycles. The highest BCUT2D eigenvalue weighted by atomic mass is 16.5. The number of rotatable bonds is 3. The predicted octanol–water partition coefficient (Wildman–Crippen LogP) is 0.344. The van der Waals surface area contributed by atoms with E-state index in [9.17, 15) is 9.59 Å². The van der Waals surface area contributed by atoms with Crippen molar-refractivity contribution in [1.82, 2.24) is 4.90 Å². The number of amides is 1. The van der Waals surface area contributed by atoms with E-state index in [1.165, 1.54) is 12.8 Å². The molecule has 3 unspecified atom stereocenters. The molecule has 0 aromatic heterocycles. The highest BCUT2D eigenvalue weighted by molar-refractivity contribution is 5.83. The molecule has 1 N–H and O–H groups in total. The molecule has 3 atom stereocenters. The average Bonchev–Trinajstić information content (AvgIpc) is 3.16. The number of carboxylic acid groups (broad SMARTS) is 1. The lowest BCUT2D eigenvalue weighted by atomic mass is 10.2. The monoisotopic (exact) mass is 239 g/mol. The van der Waals surface area contributed by atoms with Crippen LogP contribution in [0.4, 0.5) is 0 Å². The minimum absolute atomic E-state index is 0.149. The summed E-state index contributed by atoms with van der Waals surface area (Å²) in [6.45, 7) is 1.09. The zero-order valence-electron chi connectivity index (χ0n) is 9.67. The maximum absolute atomic E-state index is 12.1. The molecule has 2 aliphatic carbocycles. The van der Waals surface area contributed by atoms with Gasteiger partial charge in [0.1, 0.15) is 0 Å². The zero-order valence-corrected chi connectivity index (χ0v) is 9.67. The molecule has 0 aromatic rings. The first-order chi connectivity index (χ1) is 8.16. The van der Waals surface area contributed by atoms with Gasteiger partial charge < -0.3 is 14.7 Å². The van der Waals surface area contributed by atoms with Crippen molar-refractivity contribution in [3.63, 3.8) is 0 Å². The largest absolute Gasteiger partial charge is 0.479 e. The van der Waals surface area contributed by atoms with Crippen molar-refractivity contribution in [1.29, 1.82) is 0 Å². The molecule has 0 radical (unpaired) electrons. The standard InChI is InChI=1S/C12H17NO4/c14-11(9-5-8(9)7-1-2-7)13-3-4-17-10(6-13)12(15)16/h7-10H,1-6H2,(H,15,16). The summed E-state index contributed by atoms with van der Waals surface area (Å²) in [5, 5.41) is 8.88. The fraction of sp³-hybridized carbons (Fsp3) is 0.833. The fourth-order valence-electron chi connectivity index (χ4n) is 2.78. The summed E-state index contributed by atoms with van der Waals surface area (Å²) in [4.78, 5) is 24.7. The van der Waals surface area contributed by atoms with Gasteiger partial charge in [-0.2, -0.15) is 0 Å². The predicted molar refractivity (Wildman–Crippen MR) is 58.3 cm³/mol. The Morgan fingerprint density at radius 2 is 2.06 bits per heavy atom. The molecule has 94 valence electrons. The van der Waals surface area contributed by atoms with E-state index in [0.717, 1.165) is 12.3 Å². The van der Waals surface area contributed by atoms with E-state index in [0.29, 0.717) is 19.1 Å². The molecular formula is C12H17NO4. The van der Waals surface area contributed by atoms with Gasteiger partial charge in [0, 0.05) is 12.5 Å². The lowest BCUT2D eigenvalue weighted by molar-refractivity contribution is -0.159. The summed E-state index contributed by atoms with van der Waals surface area (Å²) >= 11 is 0. The minimum Gasteiger partial charge on any atom is -0.479 e. The molecule has 17 heavy (non-hydrogen) atoms. The number of ether oxygens (including phenoxy) is 1. The Balaban J connectivity index is 1.56. The van der Waals surface area contributed by atoms with Crippen molar-refractivity contribution >= 4 is 11.9 Å². The number of aliphatic carboxylic acids is 1. The van der Waals surface area contributed by atoms with Gasteiger partial charge in [-0.3, -0.25) is 4.79 Å². The van der Waals surface area contributed by atoms with E-state index in [1.807, 2.05) is 0 Å².